The first-order chi connectivity index (χ1) is 16.8. The van der Waals surface area contributed by atoms with Crippen LogP contribution in [-0.2, 0) is 25.5 Å². The number of ether oxygens (including phenoxy) is 2. The predicted molar refractivity (Wildman–Crippen MR) is 134 cm³/mol. The number of carbonyl (C=O) groups is 3. The number of para-hydroxylation sites is 1. The molecule has 2 fully saturated rings. The molecular formula is C27H41N3O5. The first-order valence-electron chi connectivity index (χ1n) is 12.9. The molecule has 2 aliphatic rings. The zero-order valence-corrected chi connectivity index (χ0v) is 21.4. The number of amides is 3. The standard InChI is InChI=1S/C27H41N3O5/c1-20-19-35-18-7-6-13-27(26(33)29-21(2)25(32)28-20)14-16-30(17-15-27)24(31)12-8-10-22-9-4-5-11-23(22)34-3/h4-5,9,11,20-21H,6-8,10,12-19H2,1-3H3,(H,28,32)(H,29,33)/t20-,21-/m0/s1. The molecule has 1 aromatic rings. The molecule has 0 bridgehead atoms. The van der Waals surface area contributed by atoms with Crippen LogP contribution < -0.4 is 15.4 Å². The van der Waals surface area contributed by atoms with E-state index < -0.39 is 11.5 Å². The number of aryl methyl sites for hydroxylation is 1. The van der Waals surface area contributed by atoms with Crippen molar-refractivity contribution in [1.82, 2.24) is 15.5 Å². The molecule has 3 rings (SSSR count). The summed E-state index contributed by atoms with van der Waals surface area (Å²) < 4.78 is 11.1. The molecule has 8 heteroatoms. The van der Waals surface area contributed by atoms with Gasteiger partial charge in [-0.1, -0.05) is 24.6 Å². The molecule has 0 aromatic heterocycles. The number of piperidine rings is 1. The highest BCUT2D eigenvalue weighted by Crippen LogP contribution is 2.37. The monoisotopic (exact) mass is 487 g/mol. The zero-order chi connectivity index (χ0) is 25.3. The van der Waals surface area contributed by atoms with Crippen LogP contribution in [0.3, 0.4) is 0 Å². The SMILES string of the molecule is COc1ccccc1CCCC(=O)N1CCC2(CCCCOC[C@H](C)NC(=O)[C@H](C)NC2=O)CC1. The number of rotatable bonds is 5. The maximum absolute atomic E-state index is 13.4. The second-order valence-corrected chi connectivity index (χ2v) is 9.96. The van der Waals surface area contributed by atoms with Crippen molar-refractivity contribution in [2.45, 2.75) is 77.3 Å². The van der Waals surface area contributed by atoms with Crippen LogP contribution in [0.15, 0.2) is 24.3 Å². The van der Waals surface area contributed by atoms with Gasteiger partial charge in [0.25, 0.3) is 0 Å². The van der Waals surface area contributed by atoms with E-state index >= 15 is 0 Å². The molecule has 194 valence electrons. The molecule has 2 saturated heterocycles. The highest BCUT2D eigenvalue weighted by Gasteiger charge is 2.42. The molecule has 2 heterocycles. The zero-order valence-electron chi connectivity index (χ0n) is 21.4. The van der Waals surface area contributed by atoms with Gasteiger partial charge in [-0.15, -0.1) is 0 Å². The summed E-state index contributed by atoms with van der Waals surface area (Å²) in [7, 11) is 1.66. The fraction of sp³-hybridized carbons (Fsp3) is 0.667. The molecule has 3 amide bonds. The number of hydrogen-bond acceptors (Lipinski definition) is 5. The van der Waals surface area contributed by atoms with Crippen LogP contribution in [0.5, 0.6) is 5.75 Å². The molecule has 0 saturated carbocycles. The summed E-state index contributed by atoms with van der Waals surface area (Å²) >= 11 is 0. The second-order valence-electron chi connectivity index (χ2n) is 9.96. The molecule has 1 spiro atoms. The fourth-order valence-electron chi connectivity index (χ4n) is 5.02. The Morgan fingerprint density at radius 3 is 2.60 bits per heavy atom. The average Bonchev–Trinajstić information content (AvgIpc) is 2.86. The minimum absolute atomic E-state index is 0.0729. The Bertz CT molecular complexity index is 866. The van der Waals surface area contributed by atoms with Gasteiger partial charge < -0.3 is 25.0 Å². The first kappa shape index (κ1) is 27.0. The summed E-state index contributed by atoms with van der Waals surface area (Å²) in [6.45, 7) is 5.82. The van der Waals surface area contributed by atoms with Crippen LogP contribution >= 0.6 is 0 Å². The number of carbonyl (C=O) groups excluding carboxylic acids is 3. The summed E-state index contributed by atoms with van der Waals surface area (Å²) in [5.74, 6) is 0.713. The third-order valence-corrected chi connectivity index (χ3v) is 7.28. The predicted octanol–water partition coefficient (Wildman–Crippen LogP) is 2.84. The first-order valence-corrected chi connectivity index (χ1v) is 12.9. The molecule has 0 radical (unpaired) electrons. The van der Waals surface area contributed by atoms with E-state index in [1.807, 2.05) is 36.1 Å². The van der Waals surface area contributed by atoms with E-state index in [0.717, 1.165) is 43.4 Å². The number of likely N-dealkylation sites (tertiary alicyclic amines) is 1. The number of benzene rings is 1. The number of methoxy groups -OCH3 is 1. The molecule has 0 aliphatic carbocycles. The number of hydrogen-bond donors (Lipinski definition) is 2. The van der Waals surface area contributed by atoms with E-state index in [2.05, 4.69) is 10.6 Å². The average molecular weight is 488 g/mol. The van der Waals surface area contributed by atoms with Crippen molar-refractivity contribution in [2.75, 3.05) is 33.4 Å². The molecular weight excluding hydrogens is 446 g/mol. The molecule has 2 atom stereocenters. The largest absolute Gasteiger partial charge is 0.496 e. The maximum atomic E-state index is 13.4. The van der Waals surface area contributed by atoms with Crippen molar-refractivity contribution in [3.05, 3.63) is 29.8 Å². The fourth-order valence-corrected chi connectivity index (χ4v) is 5.02. The third-order valence-electron chi connectivity index (χ3n) is 7.28. The van der Waals surface area contributed by atoms with E-state index in [-0.39, 0.29) is 23.8 Å². The smallest absolute Gasteiger partial charge is 0.242 e. The Labute approximate surface area is 209 Å². The number of nitrogens with one attached hydrogen (secondary N) is 2. The topological polar surface area (TPSA) is 97.0 Å². The van der Waals surface area contributed by atoms with Crippen molar-refractivity contribution < 1.29 is 23.9 Å². The Balaban J connectivity index is 1.56. The molecule has 2 aliphatic heterocycles. The normalized spacial score (nSPS) is 23.9. The van der Waals surface area contributed by atoms with E-state index in [1.54, 1.807) is 14.0 Å². The lowest BCUT2D eigenvalue weighted by Gasteiger charge is -2.41. The van der Waals surface area contributed by atoms with Crippen LogP contribution in [0, 0.1) is 5.41 Å². The van der Waals surface area contributed by atoms with Gasteiger partial charge in [0.1, 0.15) is 11.8 Å². The van der Waals surface area contributed by atoms with E-state index in [1.165, 1.54) is 0 Å². The van der Waals surface area contributed by atoms with Gasteiger partial charge in [0.05, 0.1) is 19.1 Å². The summed E-state index contributed by atoms with van der Waals surface area (Å²) in [6.07, 6.45) is 5.74. The summed E-state index contributed by atoms with van der Waals surface area (Å²) in [6, 6.07) is 7.18. The highest BCUT2D eigenvalue weighted by molar-refractivity contribution is 5.90. The molecule has 1 aromatic carbocycles. The summed E-state index contributed by atoms with van der Waals surface area (Å²) in [4.78, 5) is 40.6. The second kappa shape index (κ2) is 12.9. The third kappa shape index (κ3) is 7.43. The molecule has 35 heavy (non-hydrogen) atoms. The Morgan fingerprint density at radius 2 is 1.86 bits per heavy atom. The molecule has 2 N–H and O–H groups in total. The van der Waals surface area contributed by atoms with Gasteiger partial charge in [-0.3, -0.25) is 14.4 Å². The van der Waals surface area contributed by atoms with Gasteiger partial charge in [-0.05, 0) is 64.0 Å². The van der Waals surface area contributed by atoms with Crippen molar-refractivity contribution in [2.24, 2.45) is 5.41 Å². The minimum atomic E-state index is -0.614. The van der Waals surface area contributed by atoms with E-state index in [0.29, 0.717) is 45.6 Å². The van der Waals surface area contributed by atoms with Crippen molar-refractivity contribution in [3.8, 4) is 5.75 Å². The summed E-state index contributed by atoms with van der Waals surface area (Å²) in [5, 5.41) is 5.85. The lowest BCUT2D eigenvalue weighted by atomic mass is 9.73. The van der Waals surface area contributed by atoms with Crippen LogP contribution in [0.25, 0.3) is 0 Å². The van der Waals surface area contributed by atoms with E-state index in [9.17, 15) is 14.4 Å². The van der Waals surface area contributed by atoms with Gasteiger partial charge in [0.2, 0.25) is 17.7 Å². The summed E-state index contributed by atoms with van der Waals surface area (Å²) in [5.41, 5.74) is 0.556. The minimum Gasteiger partial charge on any atom is -0.496 e. The van der Waals surface area contributed by atoms with Crippen molar-refractivity contribution in [3.63, 3.8) is 0 Å². The van der Waals surface area contributed by atoms with Gasteiger partial charge in [-0.2, -0.15) is 0 Å². The lowest BCUT2D eigenvalue weighted by Crippen LogP contribution is -2.55. The van der Waals surface area contributed by atoms with Gasteiger partial charge in [-0.25, -0.2) is 0 Å². The lowest BCUT2D eigenvalue weighted by molar-refractivity contribution is -0.142. The van der Waals surface area contributed by atoms with Gasteiger partial charge in [0.15, 0.2) is 0 Å². The Hall–Kier alpha value is -2.61. The van der Waals surface area contributed by atoms with Crippen LogP contribution in [-0.4, -0.2) is 68.1 Å². The Kier molecular flexibility index (Phi) is 9.95. The quantitative estimate of drug-likeness (QED) is 0.666. The highest BCUT2D eigenvalue weighted by atomic mass is 16.5. The van der Waals surface area contributed by atoms with Gasteiger partial charge in [0, 0.05) is 32.2 Å². The molecule has 0 unspecified atom stereocenters. The van der Waals surface area contributed by atoms with Crippen molar-refractivity contribution in [1.29, 1.82) is 0 Å². The van der Waals surface area contributed by atoms with Crippen LogP contribution in [0.1, 0.15) is 64.4 Å². The van der Waals surface area contributed by atoms with Crippen LogP contribution in [0.2, 0.25) is 0 Å². The number of nitrogens with zero attached hydrogens (tertiary/aromatic N) is 1. The van der Waals surface area contributed by atoms with Crippen LogP contribution in [0.4, 0.5) is 0 Å². The Morgan fingerprint density at radius 1 is 1.11 bits per heavy atom. The van der Waals surface area contributed by atoms with Crippen molar-refractivity contribution >= 4 is 17.7 Å². The van der Waals surface area contributed by atoms with E-state index in [4.69, 9.17) is 9.47 Å². The molecule has 8 nitrogen and oxygen atoms in total. The maximum Gasteiger partial charge on any atom is 0.242 e. The van der Waals surface area contributed by atoms with Gasteiger partial charge >= 0.3 is 0 Å².